The molecule has 156 valence electrons. The van der Waals surface area contributed by atoms with Gasteiger partial charge in [0.1, 0.15) is 12.4 Å². The second-order valence-electron chi connectivity index (χ2n) is 6.79. The molecule has 0 bridgehead atoms. The van der Waals surface area contributed by atoms with Gasteiger partial charge < -0.3 is 19.9 Å². The quantitative estimate of drug-likeness (QED) is 0.633. The van der Waals surface area contributed by atoms with Crippen LogP contribution in [0.3, 0.4) is 0 Å². The van der Waals surface area contributed by atoms with Crippen molar-refractivity contribution in [3.05, 3.63) is 65.7 Å². The first-order chi connectivity index (χ1) is 14.0. The summed E-state index contributed by atoms with van der Waals surface area (Å²) in [6, 6.07) is 16.6. The van der Waals surface area contributed by atoms with Crippen LogP contribution in [0.15, 0.2) is 54.6 Å². The molecule has 0 saturated carbocycles. The second kappa shape index (κ2) is 11.9. The molecule has 2 amide bonds. The number of nitrogens with zero attached hydrogens (tertiary/aromatic N) is 2. The molecule has 0 aliphatic heterocycles. The predicted octanol–water partition coefficient (Wildman–Crippen LogP) is 2.80. The molecule has 0 saturated heterocycles. The summed E-state index contributed by atoms with van der Waals surface area (Å²) < 4.78 is 5.92. The van der Waals surface area contributed by atoms with Crippen LogP contribution in [0.2, 0.25) is 0 Å². The monoisotopic (exact) mass is 397 g/mol. The molecule has 0 atom stereocenters. The summed E-state index contributed by atoms with van der Waals surface area (Å²) in [5, 5.41) is 2.87. The molecule has 2 aromatic carbocycles. The molecule has 0 aromatic heterocycles. The van der Waals surface area contributed by atoms with Crippen molar-refractivity contribution in [2.45, 2.75) is 20.4 Å². The number of ether oxygens (including phenoxy) is 1. The van der Waals surface area contributed by atoms with Crippen LogP contribution in [0.4, 0.5) is 0 Å². The SMILES string of the molecule is CCN(CC)CCOc1ccccc1CNC(=O)CN(C)C(=O)c1ccccc1. The van der Waals surface area contributed by atoms with E-state index < -0.39 is 0 Å². The molecule has 0 radical (unpaired) electrons. The number of carbonyl (C=O) groups is 2. The van der Waals surface area contributed by atoms with Crippen molar-refractivity contribution in [2.75, 3.05) is 39.8 Å². The van der Waals surface area contributed by atoms with E-state index in [-0.39, 0.29) is 18.4 Å². The molecule has 1 N–H and O–H groups in total. The first kappa shape index (κ1) is 22.4. The highest BCUT2D eigenvalue weighted by Crippen LogP contribution is 2.17. The first-order valence-electron chi connectivity index (χ1n) is 10.0. The van der Waals surface area contributed by atoms with E-state index in [1.807, 2.05) is 30.3 Å². The van der Waals surface area contributed by atoms with E-state index in [9.17, 15) is 9.59 Å². The number of likely N-dealkylation sites (N-methyl/N-ethyl adjacent to an activating group) is 2. The molecule has 0 aliphatic carbocycles. The highest BCUT2D eigenvalue weighted by Gasteiger charge is 2.15. The summed E-state index contributed by atoms with van der Waals surface area (Å²) in [7, 11) is 1.62. The number of benzene rings is 2. The minimum Gasteiger partial charge on any atom is -0.492 e. The van der Waals surface area contributed by atoms with Gasteiger partial charge >= 0.3 is 0 Å². The number of amides is 2. The Bertz CT molecular complexity index is 776. The second-order valence-corrected chi connectivity index (χ2v) is 6.79. The van der Waals surface area contributed by atoms with Gasteiger partial charge in [-0.3, -0.25) is 9.59 Å². The number of carbonyl (C=O) groups excluding carboxylic acids is 2. The number of para-hydroxylation sites is 1. The smallest absolute Gasteiger partial charge is 0.254 e. The summed E-state index contributed by atoms with van der Waals surface area (Å²) >= 11 is 0. The fourth-order valence-corrected chi connectivity index (χ4v) is 2.95. The van der Waals surface area contributed by atoms with Crippen molar-refractivity contribution in [1.29, 1.82) is 0 Å². The third kappa shape index (κ3) is 7.23. The van der Waals surface area contributed by atoms with E-state index in [1.165, 1.54) is 4.90 Å². The summed E-state index contributed by atoms with van der Waals surface area (Å²) in [6.45, 7) is 8.06. The van der Waals surface area contributed by atoms with Crippen LogP contribution >= 0.6 is 0 Å². The molecule has 29 heavy (non-hydrogen) atoms. The molecule has 0 spiro atoms. The fraction of sp³-hybridized carbons (Fsp3) is 0.391. The lowest BCUT2D eigenvalue weighted by atomic mass is 10.2. The van der Waals surface area contributed by atoms with Gasteiger partial charge in [0.05, 0.1) is 6.54 Å². The van der Waals surface area contributed by atoms with E-state index in [1.54, 1.807) is 31.3 Å². The van der Waals surface area contributed by atoms with Crippen molar-refractivity contribution < 1.29 is 14.3 Å². The maximum Gasteiger partial charge on any atom is 0.254 e. The molecule has 0 unspecified atom stereocenters. The molecule has 0 aliphatic rings. The lowest BCUT2D eigenvalue weighted by molar-refractivity contribution is -0.121. The molecule has 6 heteroatoms. The maximum atomic E-state index is 12.4. The minimum atomic E-state index is -0.213. The van der Waals surface area contributed by atoms with Crippen molar-refractivity contribution in [3.8, 4) is 5.75 Å². The van der Waals surface area contributed by atoms with Crippen molar-refractivity contribution >= 4 is 11.8 Å². The van der Waals surface area contributed by atoms with Gasteiger partial charge in [-0.15, -0.1) is 0 Å². The number of rotatable bonds is 11. The average molecular weight is 398 g/mol. The Kier molecular flexibility index (Phi) is 9.18. The Morgan fingerprint density at radius 3 is 2.31 bits per heavy atom. The molecule has 0 heterocycles. The summed E-state index contributed by atoms with van der Waals surface area (Å²) in [4.78, 5) is 28.4. The minimum absolute atomic E-state index is 0.00128. The summed E-state index contributed by atoms with van der Waals surface area (Å²) in [5.74, 6) is 0.379. The Morgan fingerprint density at radius 2 is 1.62 bits per heavy atom. The Balaban J connectivity index is 1.84. The predicted molar refractivity (Wildman–Crippen MR) is 115 cm³/mol. The highest BCUT2D eigenvalue weighted by molar-refractivity contribution is 5.96. The molecule has 0 fully saturated rings. The van der Waals surface area contributed by atoms with Crippen molar-refractivity contribution in [2.24, 2.45) is 0 Å². The third-order valence-electron chi connectivity index (χ3n) is 4.76. The Morgan fingerprint density at radius 1 is 0.966 bits per heavy atom. The third-order valence-corrected chi connectivity index (χ3v) is 4.76. The summed E-state index contributed by atoms with van der Waals surface area (Å²) in [6.07, 6.45) is 0. The van der Waals surface area contributed by atoms with Crippen LogP contribution in [-0.4, -0.2) is 61.4 Å². The van der Waals surface area contributed by atoms with Crippen LogP contribution in [0.1, 0.15) is 29.8 Å². The van der Waals surface area contributed by atoms with Gasteiger partial charge in [0, 0.05) is 31.3 Å². The van der Waals surface area contributed by atoms with Gasteiger partial charge in [0.25, 0.3) is 5.91 Å². The van der Waals surface area contributed by atoms with E-state index in [0.29, 0.717) is 18.7 Å². The number of hydrogen-bond acceptors (Lipinski definition) is 4. The van der Waals surface area contributed by atoms with Gasteiger partial charge in [-0.1, -0.05) is 50.2 Å². The van der Waals surface area contributed by atoms with E-state index in [0.717, 1.165) is 30.9 Å². The molecule has 2 rings (SSSR count). The Labute approximate surface area is 173 Å². The maximum absolute atomic E-state index is 12.4. The highest BCUT2D eigenvalue weighted by atomic mass is 16.5. The molecule has 6 nitrogen and oxygen atoms in total. The Hall–Kier alpha value is -2.86. The zero-order valence-corrected chi connectivity index (χ0v) is 17.6. The van der Waals surface area contributed by atoms with Crippen LogP contribution in [0.5, 0.6) is 5.75 Å². The normalized spacial score (nSPS) is 10.6. The molecular weight excluding hydrogens is 366 g/mol. The van der Waals surface area contributed by atoms with Crippen molar-refractivity contribution in [3.63, 3.8) is 0 Å². The van der Waals surface area contributed by atoms with Gasteiger partial charge in [0.15, 0.2) is 0 Å². The van der Waals surface area contributed by atoms with Crippen LogP contribution in [0, 0.1) is 0 Å². The fourth-order valence-electron chi connectivity index (χ4n) is 2.95. The van der Waals surface area contributed by atoms with Crippen LogP contribution in [0.25, 0.3) is 0 Å². The molecule has 2 aromatic rings. The zero-order valence-electron chi connectivity index (χ0n) is 17.6. The standard InChI is InChI=1S/C23H31N3O3/c1-4-26(5-2)15-16-29-21-14-10-9-13-20(21)17-24-22(27)18-25(3)23(28)19-11-7-6-8-12-19/h6-14H,4-5,15-18H2,1-3H3,(H,24,27). The van der Waals surface area contributed by atoms with Gasteiger partial charge in [-0.25, -0.2) is 0 Å². The molecular formula is C23H31N3O3. The van der Waals surface area contributed by atoms with Gasteiger partial charge in [-0.05, 0) is 31.3 Å². The van der Waals surface area contributed by atoms with Gasteiger partial charge in [-0.2, -0.15) is 0 Å². The lowest BCUT2D eigenvalue weighted by Crippen LogP contribution is -2.38. The van der Waals surface area contributed by atoms with Crippen molar-refractivity contribution in [1.82, 2.24) is 15.1 Å². The number of nitrogens with one attached hydrogen (secondary N) is 1. The van der Waals surface area contributed by atoms with Crippen LogP contribution in [-0.2, 0) is 11.3 Å². The first-order valence-corrected chi connectivity index (χ1v) is 10.0. The van der Waals surface area contributed by atoms with Gasteiger partial charge in [0.2, 0.25) is 5.91 Å². The average Bonchev–Trinajstić information content (AvgIpc) is 2.76. The van der Waals surface area contributed by atoms with E-state index in [4.69, 9.17) is 4.74 Å². The van der Waals surface area contributed by atoms with E-state index in [2.05, 4.69) is 24.1 Å². The zero-order chi connectivity index (χ0) is 21.1. The van der Waals surface area contributed by atoms with Crippen LogP contribution < -0.4 is 10.1 Å². The lowest BCUT2D eigenvalue weighted by Gasteiger charge is -2.19. The summed E-state index contributed by atoms with van der Waals surface area (Å²) in [5.41, 5.74) is 1.48. The number of hydrogen-bond donors (Lipinski definition) is 1. The largest absolute Gasteiger partial charge is 0.492 e. The van der Waals surface area contributed by atoms with E-state index >= 15 is 0 Å². The topological polar surface area (TPSA) is 61.9 Å².